The van der Waals surface area contributed by atoms with Crippen LogP contribution >= 0.6 is 12.2 Å². The molecule has 100 valence electrons. The standard InChI is InChI=1S/C14H16N2O2S/c1-8(2)11-14(15-13(19)18-11)9-6-4-5-7-10(9)16(3)12(14)17/h4-8,11H,1-3H3,(H,15,19)/t11-,14-/m0/s1. The van der Waals surface area contributed by atoms with Gasteiger partial charge in [0.25, 0.3) is 11.1 Å². The summed E-state index contributed by atoms with van der Waals surface area (Å²) < 4.78 is 5.71. The van der Waals surface area contributed by atoms with Crippen molar-refractivity contribution in [1.82, 2.24) is 5.32 Å². The molecule has 3 rings (SSSR count). The molecule has 2 heterocycles. The minimum Gasteiger partial charge on any atom is -0.464 e. The van der Waals surface area contributed by atoms with Crippen LogP contribution in [0.2, 0.25) is 0 Å². The molecule has 2 aliphatic heterocycles. The Morgan fingerprint density at radius 1 is 1.42 bits per heavy atom. The van der Waals surface area contributed by atoms with E-state index in [-0.39, 0.29) is 17.9 Å². The number of hydrogen-bond acceptors (Lipinski definition) is 3. The molecule has 1 N–H and O–H groups in total. The highest BCUT2D eigenvalue weighted by Crippen LogP contribution is 2.46. The van der Waals surface area contributed by atoms with Crippen LogP contribution in [-0.2, 0) is 15.1 Å². The summed E-state index contributed by atoms with van der Waals surface area (Å²) in [6.07, 6.45) is -0.279. The maximum absolute atomic E-state index is 12.8. The van der Waals surface area contributed by atoms with E-state index < -0.39 is 5.54 Å². The predicted octanol–water partition coefficient (Wildman–Crippen LogP) is 1.79. The Morgan fingerprint density at radius 2 is 2.11 bits per heavy atom. The summed E-state index contributed by atoms with van der Waals surface area (Å²) in [5.41, 5.74) is 0.997. The molecule has 1 saturated heterocycles. The summed E-state index contributed by atoms with van der Waals surface area (Å²) in [4.78, 5) is 14.4. The van der Waals surface area contributed by atoms with Gasteiger partial charge in [-0.25, -0.2) is 0 Å². The molecule has 0 aromatic heterocycles. The van der Waals surface area contributed by atoms with Gasteiger partial charge in [0.05, 0.1) is 0 Å². The highest BCUT2D eigenvalue weighted by molar-refractivity contribution is 7.80. The van der Waals surface area contributed by atoms with Crippen LogP contribution in [-0.4, -0.2) is 24.2 Å². The number of likely N-dealkylation sites (N-methyl/N-ethyl adjacent to an activating group) is 1. The SMILES string of the molecule is CC(C)[C@@H]1OC(=S)N[C@]12C(=O)N(C)c1ccccc12. The first kappa shape index (κ1) is 12.4. The first-order valence-corrected chi connectivity index (χ1v) is 6.75. The van der Waals surface area contributed by atoms with Crippen molar-refractivity contribution in [3.8, 4) is 0 Å². The smallest absolute Gasteiger partial charge is 0.261 e. The molecule has 0 unspecified atom stereocenters. The number of ether oxygens (including phenoxy) is 1. The monoisotopic (exact) mass is 276 g/mol. The van der Waals surface area contributed by atoms with Crippen LogP contribution in [0.5, 0.6) is 0 Å². The van der Waals surface area contributed by atoms with E-state index in [0.717, 1.165) is 11.3 Å². The Morgan fingerprint density at radius 3 is 2.79 bits per heavy atom. The van der Waals surface area contributed by atoms with E-state index in [1.807, 2.05) is 38.1 Å². The Hall–Kier alpha value is -1.62. The molecule has 2 atom stereocenters. The summed E-state index contributed by atoms with van der Waals surface area (Å²) in [5, 5.41) is 3.42. The van der Waals surface area contributed by atoms with Crippen molar-refractivity contribution in [2.75, 3.05) is 11.9 Å². The molecule has 1 aromatic carbocycles. The lowest BCUT2D eigenvalue weighted by molar-refractivity contribution is -0.126. The molecule has 1 aromatic rings. The van der Waals surface area contributed by atoms with E-state index in [1.165, 1.54) is 0 Å². The van der Waals surface area contributed by atoms with Crippen LogP contribution < -0.4 is 10.2 Å². The van der Waals surface area contributed by atoms with Gasteiger partial charge >= 0.3 is 0 Å². The maximum atomic E-state index is 12.8. The minimum atomic E-state index is -0.864. The zero-order chi connectivity index (χ0) is 13.8. The number of para-hydroxylation sites is 1. The number of rotatable bonds is 1. The molecule has 19 heavy (non-hydrogen) atoms. The van der Waals surface area contributed by atoms with Gasteiger partial charge in [0, 0.05) is 18.3 Å². The third kappa shape index (κ3) is 1.45. The molecule has 2 aliphatic rings. The van der Waals surface area contributed by atoms with E-state index in [4.69, 9.17) is 17.0 Å². The largest absolute Gasteiger partial charge is 0.464 e. The Bertz CT molecular complexity index is 572. The summed E-state index contributed by atoms with van der Waals surface area (Å²) in [7, 11) is 1.79. The van der Waals surface area contributed by atoms with Gasteiger partial charge in [-0.05, 0) is 24.2 Å². The van der Waals surface area contributed by atoms with Gasteiger partial charge in [0.2, 0.25) is 0 Å². The van der Waals surface area contributed by atoms with E-state index in [0.29, 0.717) is 5.17 Å². The van der Waals surface area contributed by atoms with Gasteiger partial charge in [-0.3, -0.25) is 4.79 Å². The molecule has 1 amide bonds. The van der Waals surface area contributed by atoms with Crippen molar-refractivity contribution >= 4 is 29.0 Å². The fraction of sp³-hybridized carbons (Fsp3) is 0.429. The normalized spacial score (nSPS) is 28.8. The average molecular weight is 276 g/mol. The van der Waals surface area contributed by atoms with Crippen LogP contribution in [0.4, 0.5) is 5.69 Å². The fourth-order valence-corrected chi connectivity index (χ4v) is 3.35. The molecule has 0 aliphatic carbocycles. The van der Waals surface area contributed by atoms with Crippen molar-refractivity contribution in [1.29, 1.82) is 0 Å². The Labute approximate surface area is 117 Å². The molecule has 5 heteroatoms. The molecule has 0 saturated carbocycles. The van der Waals surface area contributed by atoms with Gasteiger partial charge in [0.15, 0.2) is 5.54 Å². The Kier molecular flexibility index (Phi) is 2.57. The molecule has 0 radical (unpaired) electrons. The van der Waals surface area contributed by atoms with Crippen LogP contribution in [0.1, 0.15) is 19.4 Å². The predicted molar refractivity (Wildman–Crippen MR) is 77.0 cm³/mol. The minimum absolute atomic E-state index is 0.00718. The number of benzene rings is 1. The summed E-state index contributed by atoms with van der Waals surface area (Å²) in [5.74, 6) is 0.170. The second-order valence-electron chi connectivity index (χ2n) is 5.38. The number of thiocarbonyl (C=S) groups is 1. The third-order valence-electron chi connectivity index (χ3n) is 3.90. The van der Waals surface area contributed by atoms with Gasteiger partial charge in [0.1, 0.15) is 6.10 Å². The summed E-state index contributed by atoms with van der Waals surface area (Å²) in [6, 6.07) is 7.78. The number of nitrogens with zero attached hydrogens (tertiary/aromatic N) is 1. The molecule has 0 bridgehead atoms. The van der Waals surface area contributed by atoms with Gasteiger partial charge in [-0.1, -0.05) is 32.0 Å². The van der Waals surface area contributed by atoms with E-state index >= 15 is 0 Å². The second kappa shape index (κ2) is 3.93. The number of amides is 1. The molecule has 1 spiro atoms. The molecular weight excluding hydrogens is 260 g/mol. The average Bonchev–Trinajstić information content (AvgIpc) is 2.84. The lowest BCUT2D eigenvalue weighted by atomic mass is 9.81. The third-order valence-corrected chi connectivity index (χ3v) is 4.10. The quantitative estimate of drug-likeness (QED) is 0.794. The number of nitrogens with one attached hydrogen (secondary N) is 1. The maximum Gasteiger partial charge on any atom is 0.261 e. The number of fused-ring (bicyclic) bond motifs is 2. The zero-order valence-electron chi connectivity index (χ0n) is 11.1. The van der Waals surface area contributed by atoms with Crippen molar-refractivity contribution in [2.45, 2.75) is 25.5 Å². The second-order valence-corrected chi connectivity index (χ2v) is 5.76. The summed E-state index contributed by atoms with van der Waals surface area (Å²) in [6.45, 7) is 4.08. The molecule has 4 nitrogen and oxygen atoms in total. The number of hydrogen-bond donors (Lipinski definition) is 1. The number of carbonyl (C=O) groups excluding carboxylic acids is 1. The van der Waals surface area contributed by atoms with Crippen LogP contribution in [0.25, 0.3) is 0 Å². The van der Waals surface area contributed by atoms with Crippen LogP contribution in [0, 0.1) is 5.92 Å². The van der Waals surface area contributed by atoms with E-state index in [9.17, 15) is 4.79 Å². The zero-order valence-corrected chi connectivity index (χ0v) is 12.0. The molecular formula is C14H16N2O2S. The van der Waals surface area contributed by atoms with E-state index in [2.05, 4.69) is 5.32 Å². The molecule has 1 fully saturated rings. The highest BCUT2D eigenvalue weighted by atomic mass is 32.1. The van der Waals surface area contributed by atoms with E-state index in [1.54, 1.807) is 11.9 Å². The van der Waals surface area contributed by atoms with Crippen molar-refractivity contribution in [2.24, 2.45) is 5.92 Å². The lowest BCUT2D eigenvalue weighted by Crippen LogP contribution is -2.54. The first-order valence-electron chi connectivity index (χ1n) is 6.35. The van der Waals surface area contributed by atoms with Gasteiger partial charge < -0.3 is 15.0 Å². The van der Waals surface area contributed by atoms with Crippen molar-refractivity contribution in [3.05, 3.63) is 29.8 Å². The summed E-state index contributed by atoms with van der Waals surface area (Å²) >= 11 is 5.14. The van der Waals surface area contributed by atoms with Crippen LogP contribution in [0.15, 0.2) is 24.3 Å². The fourth-order valence-electron chi connectivity index (χ4n) is 3.09. The van der Waals surface area contributed by atoms with Crippen LogP contribution in [0.3, 0.4) is 0 Å². The number of anilines is 1. The Balaban J connectivity index is 2.23. The lowest BCUT2D eigenvalue weighted by Gasteiger charge is -2.29. The highest BCUT2D eigenvalue weighted by Gasteiger charge is 2.61. The first-order chi connectivity index (χ1) is 8.98. The van der Waals surface area contributed by atoms with Crippen molar-refractivity contribution in [3.63, 3.8) is 0 Å². The topological polar surface area (TPSA) is 41.6 Å². The van der Waals surface area contributed by atoms with Gasteiger partial charge in [-0.2, -0.15) is 0 Å². The number of carbonyl (C=O) groups is 1. The van der Waals surface area contributed by atoms with Crippen molar-refractivity contribution < 1.29 is 9.53 Å². The van der Waals surface area contributed by atoms with Gasteiger partial charge in [-0.15, -0.1) is 0 Å².